The number of rotatable bonds is 1. The van der Waals surface area contributed by atoms with Gasteiger partial charge in [-0.3, -0.25) is 5.10 Å². The summed E-state index contributed by atoms with van der Waals surface area (Å²) in [4.78, 5) is 1.19. The molecule has 0 unspecified atom stereocenters. The lowest BCUT2D eigenvalue weighted by Gasteiger charge is -1.84. The molecule has 0 amide bonds. The van der Waals surface area contributed by atoms with Gasteiger partial charge >= 0.3 is 0 Å². The van der Waals surface area contributed by atoms with E-state index in [2.05, 4.69) is 37.6 Å². The normalized spacial score (nSPS) is 10.5. The molecule has 62 valence electrons. The van der Waals surface area contributed by atoms with Gasteiger partial charge in [0.1, 0.15) is 5.69 Å². The Kier molecular flexibility index (Phi) is 2.02. The topological polar surface area (TPSA) is 28.7 Å². The zero-order valence-corrected chi connectivity index (χ0v) is 8.87. The van der Waals surface area contributed by atoms with Crippen LogP contribution >= 0.6 is 27.3 Å². The summed E-state index contributed by atoms with van der Waals surface area (Å²) in [5, 5.41) is 9.14. The first-order valence-corrected chi connectivity index (χ1v) is 5.19. The van der Waals surface area contributed by atoms with Gasteiger partial charge in [-0.1, -0.05) is 0 Å². The Balaban J connectivity index is 2.43. The molecule has 0 bridgehead atoms. The van der Waals surface area contributed by atoms with Crippen molar-refractivity contribution in [1.29, 1.82) is 0 Å². The van der Waals surface area contributed by atoms with Crippen molar-refractivity contribution in [1.82, 2.24) is 10.2 Å². The number of halogens is 1. The molecule has 0 atom stereocenters. The first-order chi connectivity index (χ1) is 5.75. The molecule has 0 aliphatic carbocycles. The SMILES string of the molecule is Cc1cc(-c2cc(Br)cs2)n[nH]1. The van der Waals surface area contributed by atoms with E-state index in [1.807, 2.05) is 13.0 Å². The third kappa shape index (κ3) is 1.44. The van der Waals surface area contributed by atoms with E-state index < -0.39 is 0 Å². The van der Waals surface area contributed by atoms with Gasteiger partial charge in [-0.2, -0.15) is 5.10 Å². The standard InChI is InChI=1S/C8H7BrN2S/c1-5-2-7(11-10-5)8-3-6(9)4-12-8/h2-4H,1H3,(H,10,11). The molecule has 2 nitrogen and oxygen atoms in total. The van der Waals surface area contributed by atoms with Gasteiger partial charge < -0.3 is 0 Å². The van der Waals surface area contributed by atoms with Crippen LogP contribution in [0.4, 0.5) is 0 Å². The Morgan fingerprint density at radius 3 is 2.83 bits per heavy atom. The largest absolute Gasteiger partial charge is 0.282 e. The summed E-state index contributed by atoms with van der Waals surface area (Å²) >= 11 is 5.10. The molecule has 2 aromatic rings. The molecule has 0 aromatic carbocycles. The molecule has 0 saturated heterocycles. The fraction of sp³-hybridized carbons (Fsp3) is 0.125. The molecule has 0 spiro atoms. The molecular formula is C8H7BrN2S. The fourth-order valence-electron chi connectivity index (χ4n) is 0.992. The number of aryl methyl sites for hydroxylation is 1. The average Bonchev–Trinajstić information content (AvgIpc) is 2.58. The quantitative estimate of drug-likeness (QED) is 0.818. The highest BCUT2D eigenvalue weighted by atomic mass is 79.9. The van der Waals surface area contributed by atoms with Gasteiger partial charge in [-0.25, -0.2) is 0 Å². The van der Waals surface area contributed by atoms with E-state index in [0.29, 0.717) is 0 Å². The molecule has 2 rings (SSSR count). The van der Waals surface area contributed by atoms with Gasteiger partial charge in [0.2, 0.25) is 0 Å². The highest BCUT2D eigenvalue weighted by Crippen LogP contribution is 2.28. The van der Waals surface area contributed by atoms with Crippen LogP contribution in [0.2, 0.25) is 0 Å². The number of hydrogen-bond acceptors (Lipinski definition) is 2. The predicted octanol–water partition coefficient (Wildman–Crippen LogP) is 3.21. The number of aromatic amines is 1. The second-order valence-electron chi connectivity index (χ2n) is 2.57. The average molecular weight is 243 g/mol. The summed E-state index contributed by atoms with van der Waals surface area (Å²) in [7, 11) is 0. The van der Waals surface area contributed by atoms with Gasteiger partial charge in [0.15, 0.2) is 0 Å². The zero-order chi connectivity index (χ0) is 8.55. The summed E-state index contributed by atoms with van der Waals surface area (Å²) in [6.45, 7) is 2.00. The van der Waals surface area contributed by atoms with Crippen molar-refractivity contribution in [2.24, 2.45) is 0 Å². The third-order valence-corrected chi connectivity index (χ3v) is 3.24. The monoisotopic (exact) mass is 242 g/mol. The second-order valence-corrected chi connectivity index (χ2v) is 4.39. The van der Waals surface area contributed by atoms with Crippen LogP contribution in [0.25, 0.3) is 10.6 Å². The molecule has 1 N–H and O–H groups in total. The molecule has 12 heavy (non-hydrogen) atoms. The van der Waals surface area contributed by atoms with Crippen molar-refractivity contribution < 1.29 is 0 Å². The lowest BCUT2D eigenvalue weighted by molar-refractivity contribution is 1.05. The summed E-state index contributed by atoms with van der Waals surface area (Å²) in [5.74, 6) is 0. The molecule has 0 saturated carbocycles. The number of thiophene rings is 1. The van der Waals surface area contributed by atoms with Crippen molar-refractivity contribution in [3.8, 4) is 10.6 Å². The maximum Gasteiger partial charge on any atom is 0.102 e. The minimum atomic E-state index is 1.02. The van der Waals surface area contributed by atoms with Crippen LogP contribution in [0.3, 0.4) is 0 Å². The molecule has 4 heteroatoms. The van der Waals surface area contributed by atoms with Gasteiger partial charge in [-0.05, 0) is 35.0 Å². The third-order valence-electron chi connectivity index (χ3n) is 1.53. The van der Waals surface area contributed by atoms with E-state index in [4.69, 9.17) is 0 Å². The Labute approximate surface area is 82.8 Å². The first kappa shape index (κ1) is 8.01. The molecular weight excluding hydrogens is 236 g/mol. The molecule has 2 heterocycles. The van der Waals surface area contributed by atoms with Crippen LogP contribution in [-0.2, 0) is 0 Å². The van der Waals surface area contributed by atoms with E-state index in [9.17, 15) is 0 Å². The van der Waals surface area contributed by atoms with E-state index >= 15 is 0 Å². The van der Waals surface area contributed by atoms with Crippen LogP contribution in [-0.4, -0.2) is 10.2 Å². The van der Waals surface area contributed by atoms with E-state index in [1.54, 1.807) is 11.3 Å². The predicted molar refractivity (Wildman–Crippen MR) is 54.3 cm³/mol. The molecule has 0 aliphatic heterocycles. The Morgan fingerprint density at radius 1 is 1.50 bits per heavy atom. The fourth-order valence-corrected chi connectivity index (χ4v) is 2.38. The number of hydrogen-bond donors (Lipinski definition) is 1. The number of nitrogens with zero attached hydrogens (tertiary/aromatic N) is 1. The van der Waals surface area contributed by atoms with E-state index in [-0.39, 0.29) is 0 Å². The van der Waals surface area contributed by atoms with Gasteiger partial charge in [0, 0.05) is 15.5 Å². The highest BCUT2D eigenvalue weighted by molar-refractivity contribution is 9.10. The number of H-pyrrole nitrogens is 1. The first-order valence-electron chi connectivity index (χ1n) is 3.52. The highest BCUT2D eigenvalue weighted by Gasteiger charge is 2.03. The van der Waals surface area contributed by atoms with Crippen LogP contribution < -0.4 is 0 Å². The molecule has 0 fully saturated rings. The van der Waals surface area contributed by atoms with Crippen molar-refractivity contribution >= 4 is 27.3 Å². The zero-order valence-electron chi connectivity index (χ0n) is 6.47. The number of aromatic nitrogens is 2. The van der Waals surface area contributed by atoms with Crippen LogP contribution in [0, 0.1) is 6.92 Å². The second kappa shape index (κ2) is 3.03. The Morgan fingerprint density at radius 2 is 2.33 bits per heavy atom. The van der Waals surface area contributed by atoms with Gasteiger partial charge in [0.05, 0.1) is 4.88 Å². The molecule has 0 aliphatic rings. The Bertz CT molecular complexity index is 353. The van der Waals surface area contributed by atoms with E-state index in [0.717, 1.165) is 15.9 Å². The number of nitrogens with one attached hydrogen (secondary N) is 1. The minimum Gasteiger partial charge on any atom is -0.282 e. The minimum absolute atomic E-state index is 1.02. The van der Waals surface area contributed by atoms with Crippen LogP contribution in [0.5, 0.6) is 0 Å². The van der Waals surface area contributed by atoms with Crippen molar-refractivity contribution in [3.63, 3.8) is 0 Å². The summed E-state index contributed by atoms with van der Waals surface area (Å²) in [6, 6.07) is 4.11. The van der Waals surface area contributed by atoms with Crippen LogP contribution in [0.15, 0.2) is 22.0 Å². The molecule has 0 radical (unpaired) electrons. The maximum atomic E-state index is 4.16. The summed E-state index contributed by atoms with van der Waals surface area (Å²) in [6.07, 6.45) is 0. The molecule has 2 aromatic heterocycles. The van der Waals surface area contributed by atoms with E-state index in [1.165, 1.54) is 4.88 Å². The summed E-state index contributed by atoms with van der Waals surface area (Å²) < 4.78 is 1.11. The van der Waals surface area contributed by atoms with Crippen molar-refractivity contribution in [3.05, 3.63) is 27.7 Å². The maximum absolute atomic E-state index is 4.16. The van der Waals surface area contributed by atoms with Crippen molar-refractivity contribution in [2.75, 3.05) is 0 Å². The van der Waals surface area contributed by atoms with Crippen LogP contribution in [0.1, 0.15) is 5.69 Å². The Hall–Kier alpha value is -0.610. The summed E-state index contributed by atoms with van der Waals surface area (Å²) in [5.41, 5.74) is 2.11. The lowest BCUT2D eigenvalue weighted by atomic mass is 10.3. The van der Waals surface area contributed by atoms with Gasteiger partial charge in [0.25, 0.3) is 0 Å². The van der Waals surface area contributed by atoms with Gasteiger partial charge in [-0.15, -0.1) is 11.3 Å². The van der Waals surface area contributed by atoms with Crippen molar-refractivity contribution in [2.45, 2.75) is 6.92 Å². The smallest absolute Gasteiger partial charge is 0.102 e. The lowest BCUT2D eigenvalue weighted by Crippen LogP contribution is -1.70.